The van der Waals surface area contributed by atoms with E-state index in [9.17, 15) is 39.0 Å². The number of carbonyl (C=O) groups is 6. The van der Waals surface area contributed by atoms with Crippen LogP contribution in [-0.4, -0.2) is 117 Å². The van der Waals surface area contributed by atoms with Crippen molar-refractivity contribution < 1.29 is 39.0 Å². The van der Waals surface area contributed by atoms with E-state index in [1.165, 1.54) is 23.6 Å². The molecule has 18 nitrogen and oxygen atoms in total. The maximum atomic E-state index is 14.3. The molecule has 2 aromatic carbocycles. The molecule has 2 aromatic rings. The average Bonchev–Trinajstić information content (AvgIpc) is 3.91. The SMILES string of the molecule is CC(=O)[C@H](NC(=O)[C@@H]1C[C@@]2(O)c3cc(-c4ccc5c(c4)[C@]4(O)C[C@@H](C(=O)N[C@@H](C(C)=O)C(C)C)N(C(=O)[C@H]6CCCNN6)[C@@H]4N5)ccc3N[C@H]2N1C(=O)[C@H]1CCCNN1)C(C)C. The summed E-state index contributed by atoms with van der Waals surface area (Å²) >= 11 is 0. The van der Waals surface area contributed by atoms with Crippen LogP contribution in [0.3, 0.4) is 0 Å². The predicted octanol–water partition coefficient (Wildman–Crippen LogP) is 0.407. The molecule has 4 saturated heterocycles. The Kier molecular flexibility index (Phi) is 11.7. The third-order valence-electron chi connectivity index (χ3n) is 13.7. The molecule has 0 bridgehead atoms. The van der Waals surface area contributed by atoms with Crippen LogP contribution in [0.25, 0.3) is 11.1 Å². The molecule has 334 valence electrons. The third-order valence-corrected chi connectivity index (χ3v) is 13.7. The number of ketones is 2. The van der Waals surface area contributed by atoms with Crippen molar-refractivity contribution in [2.24, 2.45) is 11.8 Å². The monoisotopic (exact) mass is 856 g/mol. The summed E-state index contributed by atoms with van der Waals surface area (Å²) in [6, 6.07) is 5.99. The molecule has 8 rings (SSSR count). The summed E-state index contributed by atoms with van der Waals surface area (Å²) in [6.07, 6.45) is 0.307. The van der Waals surface area contributed by atoms with Gasteiger partial charge in [-0.15, -0.1) is 0 Å². The Morgan fingerprint density at radius 2 is 1.03 bits per heavy atom. The lowest BCUT2D eigenvalue weighted by Crippen LogP contribution is -2.61. The molecular formula is C44H60N10O8. The minimum Gasteiger partial charge on any atom is -0.381 e. The normalized spacial score (nSPS) is 30.7. The van der Waals surface area contributed by atoms with Crippen molar-refractivity contribution in [3.63, 3.8) is 0 Å². The van der Waals surface area contributed by atoms with E-state index in [0.29, 0.717) is 59.6 Å². The zero-order valence-electron chi connectivity index (χ0n) is 36.1. The van der Waals surface area contributed by atoms with Crippen LogP contribution in [0, 0.1) is 11.8 Å². The number of hydrazine groups is 2. The molecular weight excluding hydrogens is 797 g/mol. The first-order valence-electron chi connectivity index (χ1n) is 21.9. The predicted molar refractivity (Wildman–Crippen MR) is 228 cm³/mol. The summed E-state index contributed by atoms with van der Waals surface area (Å²) < 4.78 is 0. The van der Waals surface area contributed by atoms with Crippen molar-refractivity contribution in [2.75, 3.05) is 23.7 Å². The van der Waals surface area contributed by atoms with Crippen LogP contribution in [0.2, 0.25) is 0 Å². The lowest BCUT2D eigenvalue weighted by Gasteiger charge is -2.35. The van der Waals surface area contributed by atoms with Crippen molar-refractivity contribution in [1.82, 2.24) is 42.1 Å². The zero-order valence-corrected chi connectivity index (χ0v) is 36.1. The Balaban J connectivity index is 1.11. The Bertz CT molecular complexity index is 2010. The Morgan fingerprint density at radius 1 is 0.645 bits per heavy atom. The quantitative estimate of drug-likeness (QED) is 0.147. The molecule has 0 radical (unpaired) electrons. The van der Waals surface area contributed by atoms with Gasteiger partial charge in [0.05, 0.1) is 12.1 Å². The second-order valence-corrected chi connectivity index (χ2v) is 18.6. The molecule has 0 spiro atoms. The van der Waals surface area contributed by atoms with Gasteiger partial charge < -0.3 is 41.3 Å². The fourth-order valence-corrected chi connectivity index (χ4v) is 10.5. The van der Waals surface area contributed by atoms with Gasteiger partial charge in [0.25, 0.3) is 0 Å². The van der Waals surface area contributed by atoms with E-state index < -0.39 is 71.6 Å². The molecule has 18 heteroatoms. The van der Waals surface area contributed by atoms with Crippen molar-refractivity contribution in [1.29, 1.82) is 0 Å². The first-order valence-corrected chi connectivity index (χ1v) is 21.9. The van der Waals surface area contributed by atoms with Crippen LogP contribution in [0.15, 0.2) is 36.4 Å². The van der Waals surface area contributed by atoms with Crippen molar-refractivity contribution in [3.8, 4) is 11.1 Å². The Hall–Kier alpha value is -4.98. The lowest BCUT2D eigenvalue weighted by atomic mass is 9.86. The molecule has 6 aliphatic heterocycles. The van der Waals surface area contributed by atoms with Crippen LogP contribution < -0.4 is 43.0 Å². The Morgan fingerprint density at radius 3 is 1.35 bits per heavy atom. The number of anilines is 2. The Labute approximate surface area is 361 Å². The van der Waals surface area contributed by atoms with Gasteiger partial charge in [0.2, 0.25) is 23.6 Å². The van der Waals surface area contributed by atoms with Gasteiger partial charge in [-0.3, -0.25) is 39.6 Å². The standard InChI is InChI=1S/C44H60N10O8/c1-21(2)35(23(5)55)49-37(57)33-19-43(61)27-17-25(11-13-29(27)47-41(43)53(33)39(59)31-9-7-15-45-51-31)26-12-14-30-28(18-26)44(62)20-34(38(58)50-36(22(3)4)24(6)56)54(42(44)48-30)40(60)32-10-8-16-46-52-32/h11-14,17-18,21-22,31-36,41-42,45-48,51-52,61-62H,7-10,15-16,19-20H2,1-6H3,(H,49,57)(H,50,58)/t31-,32-,33+,34+,35-,36-,41+,42+,43-,44-/m1/s1. The highest BCUT2D eigenvalue weighted by molar-refractivity contribution is 5.96. The molecule has 10 atom stereocenters. The number of hydrogen-bond donors (Lipinski definition) is 10. The van der Waals surface area contributed by atoms with Gasteiger partial charge in [-0.1, -0.05) is 39.8 Å². The highest BCUT2D eigenvalue weighted by atomic mass is 16.3. The molecule has 0 aliphatic carbocycles. The summed E-state index contributed by atoms with van der Waals surface area (Å²) in [6.45, 7) is 11.5. The number of likely N-dealkylation sites (tertiary alicyclic amines) is 2. The van der Waals surface area contributed by atoms with Crippen LogP contribution in [0.5, 0.6) is 0 Å². The van der Waals surface area contributed by atoms with E-state index in [0.717, 1.165) is 12.8 Å². The lowest BCUT2D eigenvalue weighted by molar-refractivity contribution is -0.144. The highest BCUT2D eigenvalue weighted by Crippen LogP contribution is 2.53. The number of aliphatic hydroxyl groups is 2. The second kappa shape index (κ2) is 16.6. The van der Waals surface area contributed by atoms with Crippen LogP contribution >= 0.6 is 0 Å². The number of carbonyl (C=O) groups excluding carboxylic acids is 6. The van der Waals surface area contributed by atoms with Crippen molar-refractivity contribution >= 4 is 46.6 Å². The highest BCUT2D eigenvalue weighted by Gasteiger charge is 2.63. The smallest absolute Gasteiger partial charge is 0.243 e. The number of rotatable bonds is 11. The number of Topliss-reactive ketones (excluding diaryl/α,β-unsaturated/α-hetero) is 2. The van der Waals surface area contributed by atoms with Crippen LogP contribution in [-0.2, 0) is 40.0 Å². The molecule has 62 heavy (non-hydrogen) atoms. The molecule has 10 N–H and O–H groups in total. The number of nitrogens with zero attached hydrogens (tertiary/aromatic N) is 2. The molecule has 6 heterocycles. The van der Waals surface area contributed by atoms with E-state index in [1.54, 1.807) is 0 Å². The van der Waals surface area contributed by atoms with Gasteiger partial charge in [-0.25, -0.2) is 10.9 Å². The van der Waals surface area contributed by atoms with Crippen molar-refractivity contribution in [2.45, 2.75) is 140 Å². The largest absolute Gasteiger partial charge is 0.381 e. The van der Waals surface area contributed by atoms with E-state index in [2.05, 4.69) is 43.0 Å². The maximum Gasteiger partial charge on any atom is 0.243 e. The number of fused-ring (bicyclic) bond motifs is 6. The molecule has 0 unspecified atom stereocenters. The fraction of sp³-hybridized carbons (Fsp3) is 0.591. The topological polar surface area (TPSA) is 246 Å². The van der Waals surface area contributed by atoms with Gasteiger partial charge in [0.15, 0.2) is 11.6 Å². The number of amides is 4. The number of benzene rings is 2. The molecule has 0 saturated carbocycles. The first-order chi connectivity index (χ1) is 29.4. The van der Waals surface area contributed by atoms with E-state index >= 15 is 0 Å². The summed E-state index contributed by atoms with van der Waals surface area (Å²) in [7, 11) is 0. The van der Waals surface area contributed by atoms with Gasteiger partial charge in [-0.2, -0.15) is 0 Å². The maximum absolute atomic E-state index is 14.3. The zero-order chi connectivity index (χ0) is 44.4. The fourth-order valence-electron chi connectivity index (χ4n) is 10.5. The second-order valence-electron chi connectivity index (χ2n) is 18.6. The van der Waals surface area contributed by atoms with Gasteiger partial charge in [0.1, 0.15) is 47.7 Å². The van der Waals surface area contributed by atoms with Gasteiger partial charge in [0, 0.05) is 48.4 Å². The minimum absolute atomic E-state index is 0.128. The molecule has 6 aliphatic rings. The minimum atomic E-state index is -1.70. The van der Waals surface area contributed by atoms with Gasteiger partial charge >= 0.3 is 0 Å². The first kappa shape index (κ1) is 43.7. The average molecular weight is 857 g/mol. The number of nitrogens with one attached hydrogen (secondary N) is 8. The molecule has 0 aromatic heterocycles. The number of hydrogen-bond acceptors (Lipinski definition) is 14. The summed E-state index contributed by atoms with van der Waals surface area (Å²) in [4.78, 5) is 84.6. The van der Waals surface area contributed by atoms with E-state index in [-0.39, 0.29) is 48.1 Å². The van der Waals surface area contributed by atoms with Crippen LogP contribution in [0.1, 0.15) is 91.2 Å². The van der Waals surface area contributed by atoms with E-state index in [4.69, 9.17) is 0 Å². The summed E-state index contributed by atoms with van der Waals surface area (Å²) in [5.41, 5.74) is 12.3. The van der Waals surface area contributed by atoms with E-state index in [1.807, 2.05) is 64.1 Å². The summed E-state index contributed by atoms with van der Waals surface area (Å²) in [5.74, 6) is -2.59. The van der Waals surface area contributed by atoms with Crippen molar-refractivity contribution in [3.05, 3.63) is 47.5 Å². The third kappa shape index (κ3) is 7.43. The molecule has 4 amide bonds. The summed E-state index contributed by atoms with van der Waals surface area (Å²) in [5, 5.41) is 37.7. The molecule has 4 fully saturated rings. The van der Waals surface area contributed by atoms with Crippen LogP contribution in [0.4, 0.5) is 11.4 Å². The van der Waals surface area contributed by atoms with Gasteiger partial charge in [-0.05, 0) is 86.8 Å².